The molecule has 6 aromatic rings. The van der Waals surface area contributed by atoms with Crippen molar-refractivity contribution in [2.75, 3.05) is 18.0 Å². The summed E-state index contributed by atoms with van der Waals surface area (Å²) in [6.07, 6.45) is 11.7. The van der Waals surface area contributed by atoms with E-state index in [0.29, 0.717) is 0 Å². The smallest absolute Gasteiger partial charge is 0.178 e. The van der Waals surface area contributed by atoms with Crippen molar-refractivity contribution in [2.45, 2.75) is 51.0 Å². The van der Waals surface area contributed by atoms with Gasteiger partial charge >= 0.3 is 0 Å². The number of aryl methyl sites for hydroxylation is 1. The molecule has 1 saturated heterocycles. The highest BCUT2D eigenvalue weighted by Gasteiger charge is 2.38. The van der Waals surface area contributed by atoms with Crippen LogP contribution in [0.15, 0.2) is 133 Å². The zero-order chi connectivity index (χ0) is 33.2. The fraction of sp³-hybridized carbons (Fsp3) is 0.217. The predicted molar refractivity (Wildman–Crippen MR) is 203 cm³/mol. The van der Waals surface area contributed by atoms with Crippen LogP contribution in [-0.2, 0) is 12.0 Å². The summed E-state index contributed by atoms with van der Waals surface area (Å²) in [4.78, 5) is 2.44. The molecule has 8 rings (SSSR count). The summed E-state index contributed by atoms with van der Waals surface area (Å²) < 4.78 is 21.4. The van der Waals surface area contributed by atoms with Crippen molar-refractivity contribution in [1.29, 1.82) is 0 Å². The summed E-state index contributed by atoms with van der Waals surface area (Å²) in [6.45, 7) is 4.43. The number of anilines is 1. The highest BCUT2D eigenvalue weighted by atomic mass is 19.1. The molecule has 49 heavy (non-hydrogen) atoms. The molecule has 2 heterocycles. The zero-order valence-corrected chi connectivity index (χ0v) is 28.2. The third-order valence-electron chi connectivity index (χ3n) is 10.4. The second-order valence-electron chi connectivity index (χ2n) is 13.5. The number of hydrogen-bond acceptors (Lipinski definition) is 2. The first-order valence-corrected chi connectivity index (χ1v) is 17.9. The van der Waals surface area contributed by atoms with E-state index in [-0.39, 0.29) is 5.82 Å². The van der Waals surface area contributed by atoms with Gasteiger partial charge in [0.05, 0.1) is 0 Å². The van der Waals surface area contributed by atoms with Gasteiger partial charge in [0, 0.05) is 35.5 Å². The number of nitrogens with zero attached hydrogens (tertiary/aromatic N) is 1. The van der Waals surface area contributed by atoms with Crippen LogP contribution in [-0.4, -0.2) is 13.1 Å². The number of halogens is 1. The van der Waals surface area contributed by atoms with Gasteiger partial charge < -0.3 is 9.64 Å². The Labute approximate surface area is 289 Å². The molecule has 0 bridgehead atoms. The number of ether oxygens (including phenoxy) is 1. The summed E-state index contributed by atoms with van der Waals surface area (Å²) in [7, 11) is 0. The lowest BCUT2D eigenvalue weighted by molar-refractivity contribution is 0.161. The molecular formula is C46H42FNO. The Kier molecular flexibility index (Phi) is 8.51. The predicted octanol–water partition coefficient (Wildman–Crippen LogP) is 12.0. The normalized spacial score (nSPS) is 16.9. The second-order valence-corrected chi connectivity index (χ2v) is 13.5. The molecule has 0 amide bonds. The van der Waals surface area contributed by atoms with Gasteiger partial charge in [-0.2, -0.15) is 0 Å². The monoisotopic (exact) mass is 643 g/mol. The lowest BCUT2D eigenvalue weighted by Gasteiger charge is -2.37. The van der Waals surface area contributed by atoms with Gasteiger partial charge in [-0.3, -0.25) is 0 Å². The molecule has 0 N–H and O–H groups in total. The van der Waals surface area contributed by atoms with Crippen LogP contribution in [0.4, 0.5) is 10.1 Å². The van der Waals surface area contributed by atoms with Crippen LogP contribution in [0, 0.1) is 5.82 Å². The minimum atomic E-state index is -0.906. The molecular weight excluding hydrogens is 602 g/mol. The summed E-state index contributed by atoms with van der Waals surface area (Å²) in [5, 5.41) is 2.33. The third-order valence-corrected chi connectivity index (χ3v) is 10.4. The van der Waals surface area contributed by atoms with Crippen molar-refractivity contribution >= 4 is 22.5 Å². The van der Waals surface area contributed by atoms with Gasteiger partial charge in [0.2, 0.25) is 0 Å². The van der Waals surface area contributed by atoms with Gasteiger partial charge in [-0.15, -0.1) is 0 Å². The van der Waals surface area contributed by atoms with Crippen molar-refractivity contribution in [1.82, 2.24) is 0 Å². The number of rotatable bonds is 9. The quantitative estimate of drug-likeness (QED) is 0.145. The van der Waals surface area contributed by atoms with Crippen LogP contribution in [0.2, 0.25) is 0 Å². The van der Waals surface area contributed by atoms with Crippen molar-refractivity contribution in [3.8, 4) is 28.0 Å². The van der Waals surface area contributed by atoms with Crippen LogP contribution >= 0.6 is 0 Å². The molecule has 0 saturated carbocycles. The Balaban J connectivity index is 1.17. The minimum absolute atomic E-state index is 0.261. The maximum absolute atomic E-state index is 14.2. The maximum atomic E-state index is 14.2. The first-order valence-electron chi connectivity index (χ1n) is 17.9. The molecule has 0 aromatic heterocycles. The molecule has 2 aliphatic heterocycles. The number of hydrogen-bond donors (Lipinski definition) is 0. The summed E-state index contributed by atoms with van der Waals surface area (Å²) in [5.74, 6) is 0.551. The van der Waals surface area contributed by atoms with Crippen molar-refractivity contribution in [3.63, 3.8) is 0 Å². The van der Waals surface area contributed by atoms with E-state index in [9.17, 15) is 4.39 Å². The zero-order valence-electron chi connectivity index (χ0n) is 28.2. The minimum Gasteiger partial charge on any atom is -0.473 e. The largest absolute Gasteiger partial charge is 0.473 e. The second kappa shape index (κ2) is 13.4. The average molecular weight is 644 g/mol. The van der Waals surface area contributed by atoms with E-state index in [2.05, 4.69) is 127 Å². The maximum Gasteiger partial charge on any atom is 0.178 e. The number of fused-ring (bicyclic) bond motifs is 3. The van der Waals surface area contributed by atoms with Gasteiger partial charge in [-0.05, 0) is 107 Å². The van der Waals surface area contributed by atoms with Crippen molar-refractivity contribution in [2.24, 2.45) is 0 Å². The van der Waals surface area contributed by atoms with Gasteiger partial charge in [0.1, 0.15) is 11.6 Å². The highest BCUT2D eigenvalue weighted by Crippen LogP contribution is 2.47. The molecule has 244 valence electrons. The van der Waals surface area contributed by atoms with Gasteiger partial charge in [0.25, 0.3) is 0 Å². The van der Waals surface area contributed by atoms with Crippen molar-refractivity contribution < 1.29 is 9.13 Å². The Morgan fingerprint density at radius 2 is 1.29 bits per heavy atom. The molecule has 1 fully saturated rings. The van der Waals surface area contributed by atoms with E-state index >= 15 is 0 Å². The molecule has 6 aromatic carbocycles. The van der Waals surface area contributed by atoms with Gasteiger partial charge in [0.15, 0.2) is 5.60 Å². The van der Waals surface area contributed by atoms with E-state index in [0.717, 1.165) is 58.5 Å². The van der Waals surface area contributed by atoms with Crippen LogP contribution < -0.4 is 9.64 Å². The molecule has 0 aliphatic carbocycles. The lowest BCUT2D eigenvalue weighted by Crippen LogP contribution is -2.34. The highest BCUT2D eigenvalue weighted by molar-refractivity contribution is 6.03. The van der Waals surface area contributed by atoms with Gasteiger partial charge in [-0.25, -0.2) is 4.39 Å². The Morgan fingerprint density at radius 3 is 1.96 bits per heavy atom. The van der Waals surface area contributed by atoms with E-state index in [1.807, 2.05) is 12.1 Å². The molecule has 1 atom stereocenters. The SMILES string of the molecule is CCCCCc1ccc(-c2ccc(-c3cc4c(c5ccccc35)C=CC(c3ccc(F)cc3)(c3ccc(N5CCCC5)cc3)O4)cc2)cc1. The number of benzene rings is 6. The summed E-state index contributed by atoms with van der Waals surface area (Å²) in [6, 6.07) is 44.2. The first-order chi connectivity index (χ1) is 24.1. The topological polar surface area (TPSA) is 12.5 Å². The number of unbranched alkanes of at least 4 members (excludes halogenated alkanes) is 2. The fourth-order valence-corrected chi connectivity index (χ4v) is 7.63. The molecule has 2 nitrogen and oxygen atoms in total. The van der Waals surface area contributed by atoms with E-state index in [4.69, 9.17) is 4.74 Å². The molecule has 0 radical (unpaired) electrons. The molecule has 2 aliphatic rings. The van der Waals surface area contributed by atoms with Crippen LogP contribution in [0.5, 0.6) is 5.75 Å². The Bertz CT molecular complexity index is 2090. The Hall–Kier alpha value is -5.15. The molecule has 3 heteroatoms. The average Bonchev–Trinajstić information content (AvgIpc) is 3.71. The fourth-order valence-electron chi connectivity index (χ4n) is 7.63. The summed E-state index contributed by atoms with van der Waals surface area (Å²) >= 11 is 0. The van der Waals surface area contributed by atoms with E-state index < -0.39 is 5.60 Å². The Morgan fingerprint density at radius 1 is 0.673 bits per heavy atom. The van der Waals surface area contributed by atoms with E-state index in [1.54, 1.807) is 0 Å². The first kappa shape index (κ1) is 31.1. The van der Waals surface area contributed by atoms with Crippen LogP contribution in [0.3, 0.4) is 0 Å². The lowest BCUT2D eigenvalue weighted by atomic mass is 9.82. The standard InChI is InChI=1S/C46H42FNO/c1-2-3-4-9-33-12-14-34(15-13-33)35-16-18-36(19-17-35)44-32-45-43(41-10-5-6-11-42(41)44)28-29-46(49-45,37-20-24-39(47)25-21-37)38-22-26-40(27-23-38)48-30-7-8-31-48/h5-6,10-29,32H,2-4,7-9,30-31H2,1H3. The molecule has 0 spiro atoms. The van der Waals surface area contributed by atoms with Crippen LogP contribution in [0.25, 0.3) is 39.1 Å². The molecule has 1 unspecified atom stereocenters. The van der Waals surface area contributed by atoms with Crippen LogP contribution in [0.1, 0.15) is 61.3 Å². The van der Waals surface area contributed by atoms with Gasteiger partial charge in [-0.1, -0.05) is 117 Å². The summed E-state index contributed by atoms with van der Waals surface area (Å²) in [5.41, 5.74) is 9.39. The third kappa shape index (κ3) is 6.04. The van der Waals surface area contributed by atoms with E-state index in [1.165, 1.54) is 72.0 Å². The van der Waals surface area contributed by atoms with Crippen molar-refractivity contribution in [3.05, 3.63) is 162 Å².